The van der Waals surface area contributed by atoms with Crippen LogP contribution >= 0.6 is 0 Å². The Labute approximate surface area is 211 Å². The second-order valence-electron chi connectivity index (χ2n) is 9.33. The van der Waals surface area contributed by atoms with Gasteiger partial charge in [-0.3, -0.25) is 9.69 Å². The fraction of sp³-hybridized carbons (Fsp3) is 0.440. The second kappa shape index (κ2) is 10.6. The molecule has 2 atom stereocenters. The zero-order chi connectivity index (χ0) is 26.0. The Bertz CT molecular complexity index is 1260. The lowest BCUT2D eigenvalue weighted by atomic mass is 10.0. The molecule has 1 amide bonds. The highest BCUT2D eigenvalue weighted by Crippen LogP contribution is 2.30. The van der Waals surface area contributed by atoms with E-state index < -0.39 is 18.1 Å². The molecule has 0 aliphatic carbocycles. The van der Waals surface area contributed by atoms with Crippen LogP contribution < -0.4 is 16.4 Å². The zero-order valence-electron chi connectivity index (χ0n) is 20.1. The highest BCUT2D eigenvalue weighted by molar-refractivity contribution is 6.06. The zero-order valence-corrected chi connectivity index (χ0v) is 20.1. The third kappa shape index (κ3) is 5.65. The molecule has 12 heteroatoms. The first kappa shape index (κ1) is 25.3. The highest BCUT2D eigenvalue weighted by atomic mass is 19.4. The summed E-state index contributed by atoms with van der Waals surface area (Å²) in [5.41, 5.74) is 8.60. The molecule has 2 fully saturated rings. The Morgan fingerprint density at radius 3 is 2.73 bits per heavy atom. The smallest absolute Gasteiger partial charge is 0.378 e. The van der Waals surface area contributed by atoms with E-state index in [0.717, 1.165) is 31.5 Å². The first-order valence-electron chi connectivity index (χ1n) is 12.2. The van der Waals surface area contributed by atoms with Crippen molar-refractivity contribution < 1.29 is 22.7 Å². The molecule has 0 saturated carbocycles. The van der Waals surface area contributed by atoms with Gasteiger partial charge in [-0.1, -0.05) is 24.3 Å². The molecule has 9 nitrogen and oxygen atoms in total. The van der Waals surface area contributed by atoms with Crippen molar-refractivity contribution >= 4 is 22.8 Å². The number of nitrogens with two attached hydrogens (primary N) is 1. The van der Waals surface area contributed by atoms with E-state index in [1.54, 1.807) is 30.3 Å². The summed E-state index contributed by atoms with van der Waals surface area (Å²) in [6.07, 6.45) is -0.974. The van der Waals surface area contributed by atoms with Crippen LogP contribution in [0.3, 0.4) is 0 Å². The highest BCUT2D eigenvalue weighted by Gasteiger charge is 2.45. The quantitative estimate of drug-likeness (QED) is 0.459. The van der Waals surface area contributed by atoms with Gasteiger partial charge < -0.3 is 21.1 Å². The van der Waals surface area contributed by atoms with Gasteiger partial charge in [0.05, 0.1) is 24.5 Å². The van der Waals surface area contributed by atoms with Crippen LogP contribution in [-0.4, -0.2) is 76.9 Å². The summed E-state index contributed by atoms with van der Waals surface area (Å²) >= 11 is 0. The Morgan fingerprint density at radius 2 is 2.03 bits per heavy atom. The monoisotopic (exact) mass is 515 g/mol. The molecule has 2 saturated heterocycles. The summed E-state index contributed by atoms with van der Waals surface area (Å²) in [4.78, 5) is 27.0. The minimum atomic E-state index is -4.36. The normalized spacial score (nSPS) is 21.2. The first-order chi connectivity index (χ1) is 17.8. The standard InChI is InChI=1S/C25H28F3N7O2/c26-25(27,28)20-13-37-9-8-35(20)12-15-3-5-16(6-4-15)19-10-18(23(29)36)21-22(34-19)24(32-14-31-21)33-17-2-1-7-30-11-17/h3-6,10,14,17,20,30H,1-2,7-9,11-13H2,(H2,29,36)(H,31,32,33)/t17-,20-/m0/s1. The Kier molecular flexibility index (Phi) is 7.22. The van der Waals surface area contributed by atoms with Crippen LogP contribution in [0.4, 0.5) is 19.0 Å². The number of anilines is 1. The van der Waals surface area contributed by atoms with Crippen LogP contribution in [0.5, 0.6) is 0 Å². The van der Waals surface area contributed by atoms with Crippen LogP contribution in [0.1, 0.15) is 28.8 Å². The molecule has 1 aromatic carbocycles. The van der Waals surface area contributed by atoms with Crippen molar-refractivity contribution in [3.05, 3.63) is 47.8 Å². The number of pyridine rings is 1. The predicted octanol–water partition coefficient (Wildman–Crippen LogP) is 2.72. The number of morpholine rings is 1. The van der Waals surface area contributed by atoms with Crippen LogP contribution in [0.25, 0.3) is 22.3 Å². The minimum absolute atomic E-state index is 0.142. The number of carbonyl (C=O) groups excluding carboxylic acids is 1. The van der Waals surface area contributed by atoms with Gasteiger partial charge in [-0.05, 0) is 31.0 Å². The number of aromatic nitrogens is 3. The first-order valence-corrected chi connectivity index (χ1v) is 12.2. The number of piperidine rings is 1. The van der Waals surface area contributed by atoms with E-state index in [1.165, 1.54) is 11.2 Å². The van der Waals surface area contributed by atoms with Gasteiger partial charge in [-0.25, -0.2) is 15.0 Å². The number of halogens is 3. The lowest BCUT2D eigenvalue weighted by Crippen LogP contribution is -2.52. The fourth-order valence-electron chi connectivity index (χ4n) is 4.79. The molecular weight excluding hydrogens is 487 g/mol. The molecule has 37 heavy (non-hydrogen) atoms. The molecule has 196 valence electrons. The van der Waals surface area contributed by atoms with E-state index in [2.05, 4.69) is 20.6 Å². The number of hydrogen-bond acceptors (Lipinski definition) is 8. The van der Waals surface area contributed by atoms with Crippen molar-refractivity contribution in [2.24, 2.45) is 5.73 Å². The SMILES string of the molecule is NC(=O)c1cc(-c2ccc(CN3CCOC[C@H]3C(F)(F)F)cc2)nc2c(N[C@H]3CCCNC3)ncnc12. The summed E-state index contributed by atoms with van der Waals surface area (Å²) in [5.74, 6) is -0.120. The molecule has 0 unspecified atom stereocenters. The maximum absolute atomic E-state index is 13.4. The maximum atomic E-state index is 13.4. The largest absolute Gasteiger partial charge is 0.406 e. The van der Waals surface area contributed by atoms with Crippen molar-refractivity contribution in [2.75, 3.05) is 38.2 Å². The molecule has 0 bridgehead atoms. The molecule has 2 aliphatic rings. The van der Waals surface area contributed by atoms with E-state index in [9.17, 15) is 18.0 Å². The van der Waals surface area contributed by atoms with Gasteiger partial charge in [0.15, 0.2) is 5.82 Å². The number of fused-ring (bicyclic) bond motifs is 1. The topological polar surface area (TPSA) is 118 Å². The van der Waals surface area contributed by atoms with Crippen molar-refractivity contribution in [3.63, 3.8) is 0 Å². The van der Waals surface area contributed by atoms with E-state index in [4.69, 9.17) is 15.5 Å². The molecule has 0 spiro atoms. The van der Waals surface area contributed by atoms with Crippen LogP contribution in [0.2, 0.25) is 0 Å². The van der Waals surface area contributed by atoms with Crippen molar-refractivity contribution in [3.8, 4) is 11.3 Å². The Balaban J connectivity index is 1.44. The lowest BCUT2D eigenvalue weighted by molar-refractivity contribution is -0.213. The van der Waals surface area contributed by atoms with Gasteiger partial charge in [0.25, 0.3) is 5.91 Å². The number of nitrogens with zero attached hydrogens (tertiary/aromatic N) is 4. The van der Waals surface area contributed by atoms with Crippen molar-refractivity contribution in [1.82, 2.24) is 25.2 Å². The van der Waals surface area contributed by atoms with E-state index in [1.807, 2.05) is 0 Å². The molecule has 5 rings (SSSR count). The number of carbonyl (C=O) groups is 1. The molecule has 4 N–H and O–H groups in total. The van der Waals surface area contributed by atoms with Crippen LogP contribution in [0, 0.1) is 0 Å². The summed E-state index contributed by atoms with van der Waals surface area (Å²) in [6, 6.07) is 7.20. The lowest BCUT2D eigenvalue weighted by Gasteiger charge is -2.36. The number of nitrogens with one attached hydrogen (secondary N) is 2. The van der Waals surface area contributed by atoms with Gasteiger partial charge in [0.1, 0.15) is 23.4 Å². The van der Waals surface area contributed by atoms with E-state index >= 15 is 0 Å². The molecule has 0 radical (unpaired) electrons. The number of ether oxygens (including phenoxy) is 1. The number of benzene rings is 1. The van der Waals surface area contributed by atoms with Gasteiger partial charge in [0.2, 0.25) is 0 Å². The summed E-state index contributed by atoms with van der Waals surface area (Å²) in [7, 11) is 0. The van der Waals surface area contributed by atoms with Gasteiger partial charge in [-0.15, -0.1) is 0 Å². The second-order valence-corrected chi connectivity index (χ2v) is 9.33. The number of amides is 1. The molecule has 3 aromatic rings. The van der Waals surface area contributed by atoms with Crippen molar-refractivity contribution in [1.29, 1.82) is 0 Å². The molecule has 2 aliphatic heterocycles. The average Bonchev–Trinajstić information content (AvgIpc) is 2.89. The van der Waals surface area contributed by atoms with Crippen LogP contribution in [0.15, 0.2) is 36.7 Å². The molecule has 4 heterocycles. The predicted molar refractivity (Wildman–Crippen MR) is 132 cm³/mol. The molecular formula is C25H28F3N7O2. The van der Waals surface area contributed by atoms with Gasteiger partial charge >= 0.3 is 6.18 Å². The maximum Gasteiger partial charge on any atom is 0.406 e. The van der Waals surface area contributed by atoms with E-state index in [0.29, 0.717) is 28.1 Å². The fourth-order valence-corrected chi connectivity index (χ4v) is 4.79. The third-order valence-electron chi connectivity index (χ3n) is 6.75. The minimum Gasteiger partial charge on any atom is -0.378 e. The van der Waals surface area contributed by atoms with Gasteiger partial charge in [-0.2, -0.15) is 13.2 Å². The number of hydrogen-bond donors (Lipinski definition) is 3. The molecule has 2 aromatic heterocycles. The average molecular weight is 516 g/mol. The van der Waals surface area contributed by atoms with Crippen LogP contribution in [-0.2, 0) is 11.3 Å². The number of primary amides is 1. The number of rotatable bonds is 6. The number of alkyl halides is 3. The summed E-state index contributed by atoms with van der Waals surface area (Å²) in [6.45, 7) is 1.99. The summed E-state index contributed by atoms with van der Waals surface area (Å²) < 4.78 is 45.3. The summed E-state index contributed by atoms with van der Waals surface area (Å²) in [5, 5.41) is 6.75. The Hall–Kier alpha value is -3.35. The van der Waals surface area contributed by atoms with Gasteiger partial charge in [0, 0.05) is 31.2 Å². The third-order valence-corrected chi connectivity index (χ3v) is 6.75. The van der Waals surface area contributed by atoms with E-state index in [-0.39, 0.29) is 37.9 Å². The Morgan fingerprint density at radius 1 is 1.22 bits per heavy atom. The van der Waals surface area contributed by atoms with Crippen molar-refractivity contribution in [2.45, 2.75) is 37.6 Å².